The predicted octanol–water partition coefficient (Wildman–Crippen LogP) is 3.27. The number of nitrogens with zero attached hydrogens (tertiary/aromatic N) is 3. The molecule has 164 valence electrons. The van der Waals surface area contributed by atoms with Gasteiger partial charge in [0, 0.05) is 30.8 Å². The molecule has 2 aliphatic rings. The molecule has 1 fully saturated rings. The Morgan fingerprint density at radius 2 is 1.94 bits per heavy atom. The first-order valence-corrected chi connectivity index (χ1v) is 10.7. The number of benzene rings is 2. The Kier molecular flexibility index (Phi) is 5.49. The Balaban J connectivity index is 1.18. The molecule has 1 atom stereocenters. The largest absolute Gasteiger partial charge is 0.454 e. The highest BCUT2D eigenvalue weighted by Crippen LogP contribution is 2.32. The van der Waals surface area contributed by atoms with E-state index in [-0.39, 0.29) is 25.2 Å². The molecule has 3 heterocycles. The zero-order valence-electron chi connectivity index (χ0n) is 17.6. The van der Waals surface area contributed by atoms with Gasteiger partial charge in [-0.2, -0.15) is 5.10 Å². The molecule has 0 spiro atoms. The van der Waals surface area contributed by atoms with E-state index in [0.717, 1.165) is 25.9 Å². The third kappa shape index (κ3) is 4.30. The summed E-state index contributed by atoms with van der Waals surface area (Å²) in [5, 5.41) is 7.05. The lowest BCUT2D eigenvalue weighted by Crippen LogP contribution is -2.40. The second kappa shape index (κ2) is 8.74. The number of anilines is 1. The summed E-state index contributed by atoms with van der Waals surface area (Å²) in [5.41, 5.74) is 2.26. The first-order chi connectivity index (χ1) is 15.7. The monoisotopic (exact) mass is 432 g/mol. The number of hydrogen-bond donors (Lipinski definition) is 1. The van der Waals surface area contributed by atoms with Gasteiger partial charge in [0.25, 0.3) is 5.91 Å². The summed E-state index contributed by atoms with van der Waals surface area (Å²) in [6.45, 7) is 1.78. The van der Waals surface area contributed by atoms with Crippen LogP contribution in [0.2, 0.25) is 0 Å². The van der Waals surface area contributed by atoms with Crippen molar-refractivity contribution in [3.63, 3.8) is 0 Å². The van der Waals surface area contributed by atoms with E-state index in [9.17, 15) is 9.59 Å². The van der Waals surface area contributed by atoms with Crippen molar-refractivity contribution in [2.45, 2.75) is 25.3 Å². The van der Waals surface area contributed by atoms with E-state index in [0.29, 0.717) is 28.7 Å². The summed E-state index contributed by atoms with van der Waals surface area (Å²) in [7, 11) is 0. The Morgan fingerprint density at radius 1 is 1.09 bits per heavy atom. The number of piperidine rings is 1. The second-order valence-corrected chi connectivity index (χ2v) is 8.04. The van der Waals surface area contributed by atoms with Crippen LogP contribution in [0.15, 0.2) is 60.9 Å². The molecule has 0 radical (unpaired) electrons. The van der Waals surface area contributed by atoms with Gasteiger partial charge in [0.15, 0.2) is 11.5 Å². The maximum absolute atomic E-state index is 12.9. The molecule has 0 aliphatic carbocycles. The molecular formula is C24H24N4O4. The van der Waals surface area contributed by atoms with Crippen LogP contribution in [-0.2, 0) is 11.3 Å². The van der Waals surface area contributed by atoms with Crippen molar-refractivity contribution >= 4 is 17.5 Å². The summed E-state index contributed by atoms with van der Waals surface area (Å²) in [5.74, 6) is 1.29. The summed E-state index contributed by atoms with van der Waals surface area (Å²) < 4.78 is 12.1. The molecule has 0 saturated carbocycles. The van der Waals surface area contributed by atoms with E-state index in [2.05, 4.69) is 22.5 Å². The van der Waals surface area contributed by atoms with Crippen LogP contribution < -0.4 is 14.8 Å². The molecular weight excluding hydrogens is 408 g/mol. The van der Waals surface area contributed by atoms with Crippen LogP contribution in [0.1, 0.15) is 34.7 Å². The molecule has 2 aromatic carbocycles. The number of nitrogens with one attached hydrogen (secondary N) is 1. The van der Waals surface area contributed by atoms with Gasteiger partial charge in [-0.15, -0.1) is 0 Å². The molecule has 1 saturated heterocycles. The van der Waals surface area contributed by atoms with E-state index in [1.165, 1.54) is 5.56 Å². The average Bonchev–Trinajstić information content (AvgIpc) is 3.48. The Hall–Kier alpha value is -3.81. The van der Waals surface area contributed by atoms with Crippen molar-refractivity contribution in [2.75, 3.05) is 25.2 Å². The topological polar surface area (TPSA) is 85.7 Å². The SMILES string of the molecule is O=C(Nc1cnn(CC(=O)N2CCCC(c3ccccc3)C2)c1)c1ccc2c(c1)OCO2. The van der Waals surface area contributed by atoms with Crippen molar-refractivity contribution in [2.24, 2.45) is 0 Å². The van der Waals surface area contributed by atoms with Crippen molar-refractivity contribution in [1.82, 2.24) is 14.7 Å². The van der Waals surface area contributed by atoms with Crippen LogP contribution in [0.4, 0.5) is 5.69 Å². The highest BCUT2D eigenvalue weighted by molar-refractivity contribution is 6.04. The molecule has 1 aromatic heterocycles. The Labute approximate surface area is 185 Å². The third-order valence-corrected chi connectivity index (χ3v) is 5.87. The fourth-order valence-corrected chi connectivity index (χ4v) is 4.20. The number of ether oxygens (including phenoxy) is 2. The van der Waals surface area contributed by atoms with Gasteiger partial charge in [-0.3, -0.25) is 14.3 Å². The number of carbonyl (C=O) groups is 2. The van der Waals surface area contributed by atoms with E-state index in [4.69, 9.17) is 9.47 Å². The molecule has 32 heavy (non-hydrogen) atoms. The van der Waals surface area contributed by atoms with Crippen molar-refractivity contribution < 1.29 is 19.1 Å². The van der Waals surface area contributed by atoms with Gasteiger partial charge in [0.1, 0.15) is 6.54 Å². The molecule has 2 amide bonds. The van der Waals surface area contributed by atoms with Gasteiger partial charge >= 0.3 is 0 Å². The molecule has 8 heteroatoms. The van der Waals surface area contributed by atoms with Crippen LogP contribution in [0, 0.1) is 0 Å². The minimum atomic E-state index is -0.282. The van der Waals surface area contributed by atoms with Crippen molar-refractivity contribution in [1.29, 1.82) is 0 Å². The fourth-order valence-electron chi connectivity index (χ4n) is 4.20. The van der Waals surface area contributed by atoms with Crippen molar-refractivity contribution in [3.05, 3.63) is 72.1 Å². The molecule has 8 nitrogen and oxygen atoms in total. The Bertz CT molecular complexity index is 1130. The number of amides is 2. The Morgan fingerprint density at radius 3 is 2.81 bits per heavy atom. The molecule has 0 bridgehead atoms. The normalized spacial score (nSPS) is 17.2. The van der Waals surface area contributed by atoms with Crippen LogP contribution >= 0.6 is 0 Å². The van der Waals surface area contributed by atoms with E-state index < -0.39 is 0 Å². The number of rotatable bonds is 5. The lowest BCUT2D eigenvalue weighted by atomic mass is 9.90. The molecule has 1 unspecified atom stereocenters. The van der Waals surface area contributed by atoms with E-state index >= 15 is 0 Å². The van der Waals surface area contributed by atoms with Gasteiger partial charge in [-0.25, -0.2) is 0 Å². The lowest BCUT2D eigenvalue weighted by molar-refractivity contribution is -0.133. The van der Waals surface area contributed by atoms with Gasteiger partial charge in [-0.1, -0.05) is 30.3 Å². The minimum Gasteiger partial charge on any atom is -0.454 e. The standard InChI is InChI=1S/C24H24N4O4/c29-23(27-10-4-7-19(13-27)17-5-2-1-3-6-17)15-28-14-20(12-25-28)26-24(30)18-8-9-21-22(11-18)32-16-31-21/h1-3,5-6,8-9,11-12,14,19H,4,7,10,13,15-16H2,(H,26,30). The zero-order valence-corrected chi connectivity index (χ0v) is 17.6. The second-order valence-electron chi connectivity index (χ2n) is 8.04. The summed E-state index contributed by atoms with van der Waals surface area (Å²) >= 11 is 0. The summed E-state index contributed by atoms with van der Waals surface area (Å²) in [6.07, 6.45) is 5.29. The van der Waals surface area contributed by atoms with E-state index in [1.807, 2.05) is 23.1 Å². The molecule has 3 aromatic rings. The lowest BCUT2D eigenvalue weighted by Gasteiger charge is -2.33. The summed E-state index contributed by atoms with van der Waals surface area (Å²) in [6, 6.07) is 15.4. The molecule has 1 N–H and O–H groups in total. The number of carbonyl (C=O) groups excluding carboxylic acids is 2. The van der Waals surface area contributed by atoms with E-state index in [1.54, 1.807) is 35.3 Å². The van der Waals surface area contributed by atoms with Crippen LogP contribution in [-0.4, -0.2) is 46.4 Å². The number of aromatic nitrogens is 2. The quantitative estimate of drug-likeness (QED) is 0.669. The zero-order chi connectivity index (χ0) is 21.9. The number of fused-ring (bicyclic) bond motifs is 1. The maximum Gasteiger partial charge on any atom is 0.255 e. The van der Waals surface area contributed by atoms with Crippen LogP contribution in [0.5, 0.6) is 11.5 Å². The van der Waals surface area contributed by atoms with Gasteiger partial charge in [0.05, 0.1) is 11.9 Å². The minimum absolute atomic E-state index is 0.0300. The number of likely N-dealkylation sites (tertiary alicyclic amines) is 1. The highest BCUT2D eigenvalue weighted by Gasteiger charge is 2.25. The fraction of sp³-hybridized carbons (Fsp3) is 0.292. The van der Waals surface area contributed by atoms with Gasteiger partial charge in [0.2, 0.25) is 12.7 Å². The summed E-state index contributed by atoms with van der Waals surface area (Å²) in [4.78, 5) is 27.3. The molecule has 2 aliphatic heterocycles. The predicted molar refractivity (Wildman–Crippen MR) is 118 cm³/mol. The smallest absolute Gasteiger partial charge is 0.255 e. The van der Waals surface area contributed by atoms with Gasteiger partial charge in [-0.05, 0) is 36.6 Å². The number of hydrogen-bond acceptors (Lipinski definition) is 5. The first kappa shape index (κ1) is 20.1. The molecule has 5 rings (SSSR count). The van der Waals surface area contributed by atoms with Crippen LogP contribution in [0.25, 0.3) is 0 Å². The maximum atomic E-state index is 12.9. The van der Waals surface area contributed by atoms with Gasteiger partial charge < -0.3 is 19.7 Å². The third-order valence-electron chi connectivity index (χ3n) is 5.87. The van der Waals surface area contributed by atoms with Crippen molar-refractivity contribution in [3.8, 4) is 11.5 Å². The first-order valence-electron chi connectivity index (χ1n) is 10.7. The van der Waals surface area contributed by atoms with Crippen LogP contribution in [0.3, 0.4) is 0 Å². The highest BCUT2D eigenvalue weighted by atomic mass is 16.7. The average molecular weight is 432 g/mol.